The minimum Gasteiger partial charge on any atom is -0.211 e. The quantitative estimate of drug-likeness (QED) is 0.539. The van der Waals surface area contributed by atoms with Gasteiger partial charge in [0, 0.05) is 5.02 Å². The highest BCUT2D eigenvalue weighted by atomic mass is 35.5. The molecule has 0 saturated heterocycles. The number of benzene rings is 1. The van der Waals surface area contributed by atoms with E-state index in [-0.39, 0.29) is 6.04 Å². The number of rotatable bonds is 3. The van der Waals surface area contributed by atoms with Crippen LogP contribution in [0.15, 0.2) is 29.3 Å². The Labute approximate surface area is 82.3 Å². The summed E-state index contributed by atoms with van der Waals surface area (Å²) in [6.45, 7) is 1.86. The smallest absolute Gasteiger partial charge is 0.211 e. The fourth-order valence-corrected chi connectivity index (χ4v) is 1.33. The summed E-state index contributed by atoms with van der Waals surface area (Å²) in [6.07, 6.45) is 2.21. The van der Waals surface area contributed by atoms with Crippen molar-refractivity contribution in [1.29, 1.82) is 0 Å². The monoisotopic (exact) mass is 195 g/mol. The maximum absolute atomic E-state index is 9.97. The van der Waals surface area contributed by atoms with Crippen LogP contribution < -0.4 is 0 Å². The molecule has 3 heteroatoms. The molecule has 0 bridgehead atoms. The lowest BCUT2D eigenvalue weighted by Crippen LogP contribution is -2.02. The van der Waals surface area contributed by atoms with Gasteiger partial charge in [0.15, 0.2) is 0 Å². The number of hydrogen-bond acceptors (Lipinski definition) is 2. The predicted molar refractivity (Wildman–Crippen MR) is 52.7 cm³/mol. The number of halogens is 1. The molecule has 1 atom stereocenters. The second-order valence-electron chi connectivity index (χ2n) is 2.86. The van der Waals surface area contributed by atoms with Gasteiger partial charge in [-0.15, -0.1) is 0 Å². The predicted octanol–water partition coefficient (Wildman–Crippen LogP) is 2.61. The van der Waals surface area contributed by atoms with E-state index >= 15 is 0 Å². The molecule has 13 heavy (non-hydrogen) atoms. The van der Waals surface area contributed by atoms with E-state index in [2.05, 4.69) is 4.99 Å². The third kappa shape index (κ3) is 3.02. The Morgan fingerprint density at radius 3 is 2.85 bits per heavy atom. The Morgan fingerprint density at radius 2 is 2.23 bits per heavy atom. The van der Waals surface area contributed by atoms with Gasteiger partial charge in [0.05, 0.1) is 6.04 Å². The Morgan fingerprint density at radius 1 is 1.54 bits per heavy atom. The topological polar surface area (TPSA) is 29.4 Å². The summed E-state index contributed by atoms with van der Waals surface area (Å²) in [6, 6.07) is 7.49. The van der Waals surface area contributed by atoms with E-state index in [4.69, 9.17) is 11.6 Å². The minimum absolute atomic E-state index is 0.0580. The van der Waals surface area contributed by atoms with Crippen molar-refractivity contribution in [1.82, 2.24) is 0 Å². The summed E-state index contributed by atoms with van der Waals surface area (Å²) < 4.78 is 0. The zero-order chi connectivity index (χ0) is 9.68. The van der Waals surface area contributed by atoms with Crippen molar-refractivity contribution in [3.8, 4) is 0 Å². The van der Waals surface area contributed by atoms with Crippen molar-refractivity contribution in [2.24, 2.45) is 4.99 Å². The van der Waals surface area contributed by atoms with Gasteiger partial charge >= 0.3 is 0 Å². The molecule has 0 fully saturated rings. The number of isocyanates is 1. The maximum atomic E-state index is 9.97. The Kier molecular flexibility index (Phi) is 3.69. The lowest BCUT2D eigenvalue weighted by Gasteiger charge is -2.05. The summed E-state index contributed by atoms with van der Waals surface area (Å²) in [7, 11) is 0. The number of aliphatic imine (C=N–C) groups is 1. The molecule has 0 heterocycles. The first-order valence-electron chi connectivity index (χ1n) is 4.04. The van der Waals surface area contributed by atoms with Crippen molar-refractivity contribution >= 4 is 17.7 Å². The molecule has 0 aliphatic carbocycles. The van der Waals surface area contributed by atoms with Gasteiger partial charge in [-0.3, -0.25) is 0 Å². The van der Waals surface area contributed by atoms with Crippen LogP contribution in [0.3, 0.4) is 0 Å². The van der Waals surface area contributed by atoms with Gasteiger partial charge < -0.3 is 0 Å². The molecule has 2 nitrogen and oxygen atoms in total. The zero-order valence-electron chi connectivity index (χ0n) is 7.33. The first-order valence-corrected chi connectivity index (χ1v) is 4.42. The van der Waals surface area contributed by atoms with Crippen molar-refractivity contribution in [3.63, 3.8) is 0 Å². The van der Waals surface area contributed by atoms with Crippen molar-refractivity contribution < 1.29 is 4.79 Å². The molecule has 0 aliphatic heterocycles. The van der Waals surface area contributed by atoms with Crippen molar-refractivity contribution in [2.75, 3.05) is 0 Å². The van der Waals surface area contributed by atoms with Gasteiger partial charge in [0.2, 0.25) is 6.08 Å². The third-order valence-electron chi connectivity index (χ3n) is 1.75. The van der Waals surface area contributed by atoms with Crippen LogP contribution in [0, 0.1) is 0 Å². The van der Waals surface area contributed by atoms with Crippen LogP contribution in [0.5, 0.6) is 0 Å². The molecular formula is C10H10ClNO. The third-order valence-corrected chi connectivity index (χ3v) is 2.11. The van der Waals surface area contributed by atoms with Crippen molar-refractivity contribution in [3.05, 3.63) is 34.9 Å². The Bertz CT molecular complexity index is 331. The maximum Gasteiger partial charge on any atom is 0.235 e. The highest BCUT2D eigenvalue weighted by Gasteiger charge is 2.03. The summed E-state index contributed by atoms with van der Waals surface area (Å²) in [5, 5.41) is 0.718. The van der Waals surface area contributed by atoms with E-state index in [1.165, 1.54) is 6.08 Å². The molecular weight excluding hydrogens is 186 g/mol. The van der Waals surface area contributed by atoms with Crippen LogP contribution in [-0.2, 0) is 11.2 Å². The summed E-state index contributed by atoms with van der Waals surface area (Å²) in [5.41, 5.74) is 1.01. The average Bonchev–Trinajstić information content (AvgIpc) is 2.09. The lowest BCUT2D eigenvalue weighted by atomic mass is 10.1. The first kappa shape index (κ1) is 9.97. The fraction of sp³-hybridized carbons (Fsp3) is 0.300. The van der Waals surface area contributed by atoms with Crippen molar-refractivity contribution in [2.45, 2.75) is 19.4 Å². The van der Waals surface area contributed by atoms with Gasteiger partial charge in [0.25, 0.3) is 0 Å². The number of carbonyl (C=O) groups excluding carboxylic acids is 1. The molecule has 0 N–H and O–H groups in total. The summed E-state index contributed by atoms with van der Waals surface area (Å²) in [4.78, 5) is 13.6. The Balaban J connectivity index is 2.74. The molecule has 0 aromatic heterocycles. The van der Waals surface area contributed by atoms with Crippen LogP contribution in [-0.4, -0.2) is 12.1 Å². The molecule has 0 aliphatic rings. The molecule has 1 unspecified atom stereocenters. The van der Waals surface area contributed by atoms with Gasteiger partial charge in [-0.05, 0) is 25.0 Å². The molecule has 1 rings (SSSR count). The highest BCUT2D eigenvalue weighted by molar-refractivity contribution is 6.31. The largest absolute Gasteiger partial charge is 0.235 e. The summed E-state index contributed by atoms with van der Waals surface area (Å²) >= 11 is 5.93. The lowest BCUT2D eigenvalue weighted by molar-refractivity contribution is 0.558. The van der Waals surface area contributed by atoms with Gasteiger partial charge in [-0.25, -0.2) is 9.79 Å². The van der Waals surface area contributed by atoms with Crippen LogP contribution in [0.2, 0.25) is 5.02 Å². The second kappa shape index (κ2) is 4.80. The molecule has 68 valence electrons. The summed E-state index contributed by atoms with van der Waals surface area (Å²) in [5.74, 6) is 0. The Hall–Kier alpha value is -1.11. The zero-order valence-corrected chi connectivity index (χ0v) is 8.08. The number of nitrogens with zero attached hydrogens (tertiary/aromatic N) is 1. The standard InChI is InChI=1S/C10H10ClNO/c1-8(12-7-13)6-9-4-2-3-5-10(9)11/h2-5,8H,6H2,1H3. The normalized spacial score (nSPS) is 11.8. The molecule has 1 aromatic rings. The van der Waals surface area contributed by atoms with E-state index in [1.54, 1.807) is 0 Å². The van der Waals surface area contributed by atoms with E-state index < -0.39 is 0 Å². The van der Waals surface area contributed by atoms with Crippen LogP contribution in [0.4, 0.5) is 0 Å². The van der Waals surface area contributed by atoms with Gasteiger partial charge in [-0.1, -0.05) is 29.8 Å². The van der Waals surface area contributed by atoms with E-state index in [9.17, 15) is 4.79 Å². The highest BCUT2D eigenvalue weighted by Crippen LogP contribution is 2.17. The fourth-order valence-electron chi connectivity index (χ4n) is 1.12. The molecule has 0 spiro atoms. The second-order valence-corrected chi connectivity index (χ2v) is 3.27. The van der Waals surface area contributed by atoms with Gasteiger partial charge in [-0.2, -0.15) is 0 Å². The van der Waals surface area contributed by atoms with E-state index in [1.807, 2.05) is 31.2 Å². The molecule has 0 radical (unpaired) electrons. The minimum atomic E-state index is -0.0580. The van der Waals surface area contributed by atoms with Crippen LogP contribution in [0.1, 0.15) is 12.5 Å². The van der Waals surface area contributed by atoms with E-state index in [0.717, 1.165) is 10.6 Å². The molecule has 0 saturated carbocycles. The van der Waals surface area contributed by atoms with Crippen LogP contribution >= 0.6 is 11.6 Å². The SMILES string of the molecule is CC(Cc1ccccc1Cl)N=C=O. The molecule has 1 aromatic carbocycles. The molecule has 0 amide bonds. The van der Waals surface area contributed by atoms with Gasteiger partial charge in [0.1, 0.15) is 0 Å². The first-order chi connectivity index (χ1) is 6.24. The average molecular weight is 196 g/mol. The number of hydrogen-bond donors (Lipinski definition) is 0. The van der Waals surface area contributed by atoms with E-state index in [0.29, 0.717) is 6.42 Å². The van der Waals surface area contributed by atoms with Crippen LogP contribution in [0.25, 0.3) is 0 Å².